The van der Waals surface area contributed by atoms with Crippen LogP contribution in [0.25, 0.3) is 0 Å². The highest BCUT2D eigenvalue weighted by Gasteiger charge is 2.11. The molecule has 0 amide bonds. The quantitative estimate of drug-likeness (QED) is 0.754. The lowest BCUT2D eigenvalue weighted by Gasteiger charge is -2.12. The minimum Gasteiger partial charge on any atom is -0.497 e. The highest BCUT2D eigenvalue weighted by atomic mass is 28.2. The Hall–Kier alpha value is -1.74. The van der Waals surface area contributed by atoms with Gasteiger partial charge < -0.3 is 9.47 Å². The monoisotopic (exact) mass is 242 g/mol. The number of benzene rings is 2. The molecule has 2 rings (SSSR count). The number of methoxy groups -OCH3 is 2. The van der Waals surface area contributed by atoms with E-state index in [1.807, 2.05) is 36.4 Å². The Morgan fingerprint density at radius 2 is 1.35 bits per heavy atom. The molecule has 0 spiro atoms. The average molecular weight is 242 g/mol. The van der Waals surface area contributed by atoms with Crippen LogP contribution in [-0.4, -0.2) is 23.7 Å². The molecule has 17 heavy (non-hydrogen) atoms. The zero-order valence-electron chi connectivity index (χ0n) is 9.94. The fourth-order valence-corrected chi connectivity index (χ4v) is 2.91. The molecule has 0 saturated carbocycles. The molecular formula is C14H14O2Si. The van der Waals surface area contributed by atoms with E-state index in [4.69, 9.17) is 9.47 Å². The largest absolute Gasteiger partial charge is 0.497 e. The fourth-order valence-electron chi connectivity index (χ4n) is 1.64. The first kappa shape index (κ1) is 11.7. The highest BCUT2D eigenvalue weighted by Crippen LogP contribution is 2.15. The highest BCUT2D eigenvalue weighted by molar-refractivity contribution is 6.69. The van der Waals surface area contributed by atoms with Gasteiger partial charge in [-0.3, -0.25) is 0 Å². The van der Waals surface area contributed by atoms with Gasteiger partial charge in [-0.1, -0.05) is 41.6 Å². The van der Waals surface area contributed by atoms with Crippen LogP contribution in [0.1, 0.15) is 0 Å². The van der Waals surface area contributed by atoms with Crippen LogP contribution >= 0.6 is 0 Å². The SMILES string of the molecule is COc1cccc(OC)c1[Si]c1ccccc1. The van der Waals surface area contributed by atoms with Crippen molar-refractivity contribution in [1.29, 1.82) is 0 Å². The van der Waals surface area contributed by atoms with E-state index in [9.17, 15) is 0 Å². The lowest BCUT2D eigenvalue weighted by molar-refractivity contribution is 0.400. The van der Waals surface area contributed by atoms with Crippen LogP contribution in [0.5, 0.6) is 11.5 Å². The van der Waals surface area contributed by atoms with E-state index in [-0.39, 0.29) is 0 Å². The zero-order valence-corrected chi connectivity index (χ0v) is 10.9. The van der Waals surface area contributed by atoms with Crippen molar-refractivity contribution >= 4 is 19.9 Å². The molecule has 0 aliphatic carbocycles. The molecule has 0 aliphatic rings. The van der Waals surface area contributed by atoms with Gasteiger partial charge in [0.15, 0.2) is 0 Å². The smallest absolute Gasteiger partial charge is 0.131 e. The first-order valence-corrected chi connectivity index (χ1v) is 6.38. The van der Waals surface area contributed by atoms with E-state index in [1.54, 1.807) is 14.2 Å². The van der Waals surface area contributed by atoms with Crippen molar-refractivity contribution in [3.8, 4) is 11.5 Å². The molecular weight excluding hydrogens is 228 g/mol. The van der Waals surface area contributed by atoms with Gasteiger partial charge in [-0.05, 0) is 12.1 Å². The van der Waals surface area contributed by atoms with Crippen LogP contribution in [-0.2, 0) is 0 Å². The van der Waals surface area contributed by atoms with Gasteiger partial charge in [-0.2, -0.15) is 0 Å². The minimum atomic E-state index is 0.538. The Labute approximate surface area is 104 Å². The van der Waals surface area contributed by atoms with E-state index in [2.05, 4.69) is 12.1 Å². The third kappa shape index (κ3) is 2.68. The first-order valence-electron chi connectivity index (χ1n) is 5.38. The summed E-state index contributed by atoms with van der Waals surface area (Å²) in [6, 6.07) is 16.2. The Balaban J connectivity index is 2.37. The van der Waals surface area contributed by atoms with Gasteiger partial charge in [-0.25, -0.2) is 0 Å². The molecule has 3 heteroatoms. The molecule has 2 radical (unpaired) electrons. The Morgan fingerprint density at radius 3 is 1.88 bits per heavy atom. The number of rotatable bonds is 4. The summed E-state index contributed by atoms with van der Waals surface area (Å²) in [5.41, 5.74) is 0. The summed E-state index contributed by atoms with van der Waals surface area (Å²) in [7, 11) is 3.91. The number of ether oxygens (including phenoxy) is 2. The van der Waals surface area contributed by atoms with E-state index in [0.29, 0.717) is 9.52 Å². The molecule has 0 heterocycles. The topological polar surface area (TPSA) is 18.5 Å². The normalized spacial score (nSPS) is 10.0. The van der Waals surface area contributed by atoms with E-state index >= 15 is 0 Å². The molecule has 0 atom stereocenters. The van der Waals surface area contributed by atoms with Gasteiger partial charge in [0.1, 0.15) is 21.0 Å². The molecule has 0 bridgehead atoms. The van der Waals surface area contributed by atoms with Crippen molar-refractivity contribution in [2.24, 2.45) is 0 Å². The second-order valence-corrected chi connectivity index (χ2v) is 4.86. The number of hydrogen-bond acceptors (Lipinski definition) is 2. The summed E-state index contributed by atoms with van der Waals surface area (Å²) >= 11 is 0. The summed E-state index contributed by atoms with van der Waals surface area (Å²) in [5.74, 6) is 1.76. The maximum atomic E-state index is 5.39. The van der Waals surface area contributed by atoms with Crippen molar-refractivity contribution in [2.75, 3.05) is 14.2 Å². The fraction of sp³-hybridized carbons (Fsp3) is 0.143. The predicted octanol–water partition coefficient (Wildman–Crippen LogP) is 1.36. The minimum absolute atomic E-state index is 0.538. The van der Waals surface area contributed by atoms with Crippen LogP contribution in [0.4, 0.5) is 0 Å². The van der Waals surface area contributed by atoms with Gasteiger partial charge in [0.05, 0.1) is 14.2 Å². The van der Waals surface area contributed by atoms with Crippen LogP contribution in [0.15, 0.2) is 48.5 Å². The standard InChI is InChI=1S/C14H14O2Si/c1-15-12-9-6-10-13(16-2)14(12)17-11-7-4-3-5-8-11/h3-10H,1-2H3. The zero-order chi connectivity index (χ0) is 12.1. The summed E-state index contributed by atoms with van der Waals surface area (Å²) in [6.07, 6.45) is 0. The lowest BCUT2D eigenvalue weighted by atomic mass is 10.3. The molecule has 0 N–H and O–H groups in total. The van der Waals surface area contributed by atoms with Crippen LogP contribution in [0.3, 0.4) is 0 Å². The lowest BCUT2D eigenvalue weighted by Crippen LogP contribution is -2.29. The number of hydrogen-bond donors (Lipinski definition) is 0. The van der Waals surface area contributed by atoms with Crippen LogP contribution < -0.4 is 19.8 Å². The Bertz CT molecular complexity index is 461. The van der Waals surface area contributed by atoms with Crippen molar-refractivity contribution in [1.82, 2.24) is 0 Å². The predicted molar refractivity (Wildman–Crippen MR) is 71.0 cm³/mol. The average Bonchev–Trinajstić information content (AvgIpc) is 2.40. The molecule has 2 aromatic carbocycles. The van der Waals surface area contributed by atoms with Crippen molar-refractivity contribution in [3.05, 3.63) is 48.5 Å². The van der Waals surface area contributed by atoms with Crippen molar-refractivity contribution in [3.63, 3.8) is 0 Å². The molecule has 0 saturated heterocycles. The van der Waals surface area contributed by atoms with E-state index in [0.717, 1.165) is 16.7 Å². The molecule has 0 unspecified atom stereocenters. The third-order valence-electron chi connectivity index (χ3n) is 2.47. The van der Waals surface area contributed by atoms with Crippen molar-refractivity contribution in [2.45, 2.75) is 0 Å². The van der Waals surface area contributed by atoms with E-state index in [1.165, 1.54) is 5.19 Å². The Morgan fingerprint density at radius 1 is 0.765 bits per heavy atom. The first-order chi connectivity index (χ1) is 8.35. The third-order valence-corrected chi connectivity index (χ3v) is 3.84. The molecule has 0 aromatic heterocycles. The summed E-state index contributed by atoms with van der Waals surface area (Å²) in [6.45, 7) is 0. The van der Waals surface area contributed by atoms with Gasteiger partial charge in [-0.15, -0.1) is 0 Å². The second-order valence-electron chi connectivity index (χ2n) is 3.53. The van der Waals surface area contributed by atoms with Gasteiger partial charge in [0.2, 0.25) is 0 Å². The van der Waals surface area contributed by atoms with Crippen LogP contribution in [0.2, 0.25) is 0 Å². The van der Waals surface area contributed by atoms with E-state index < -0.39 is 0 Å². The van der Waals surface area contributed by atoms with Gasteiger partial charge >= 0.3 is 0 Å². The second kappa shape index (κ2) is 5.55. The van der Waals surface area contributed by atoms with Crippen molar-refractivity contribution < 1.29 is 9.47 Å². The Kier molecular flexibility index (Phi) is 3.83. The van der Waals surface area contributed by atoms with Gasteiger partial charge in [0.25, 0.3) is 0 Å². The molecule has 2 nitrogen and oxygen atoms in total. The van der Waals surface area contributed by atoms with Crippen LogP contribution in [0, 0.1) is 0 Å². The molecule has 0 fully saturated rings. The maximum Gasteiger partial charge on any atom is 0.131 e. The van der Waals surface area contributed by atoms with Gasteiger partial charge in [0, 0.05) is 5.19 Å². The molecule has 2 aromatic rings. The summed E-state index contributed by atoms with van der Waals surface area (Å²) in [4.78, 5) is 0. The maximum absolute atomic E-state index is 5.39. The summed E-state index contributed by atoms with van der Waals surface area (Å²) < 4.78 is 10.8. The molecule has 0 aliphatic heterocycles. The summed E-state index contributed by atoms with van der Waals surface area (Å²) in [5, 5.41) is 2.39. The molecule has 86 valence electrons.